The van der Waals surface area contributed by atoms with Crippen LogP contribution >= 0.6 is 0 Å². The molecular formula is C114H69B3O8. The van der Waals surface area contributed by atoms with Gasteiger partial charge in [0.15, 0.2) is 0 Å². The van der Waals surface area contributed by atoms with E-state index in [2.05, 4.69) is 370 Å². The monoisotopic (exact) mass is 1600 g/mol. The first-order chi connectivity index (χ1) is 62.0. The highest BCUT2D eigenvalue weighted by atomic mass is 16.5. The Kier molecular flexibility index (Phi) is 16.8. The van der Waals surface area contributed by atoms with Gasteiger partial charge in [0.25, 0.3) is 20.1 Å². The molecule has 0 radical (unpaired) electrons. The number of fused-ring (bicyclic) bond motifs is 18. The summed E-state index contributed by atoms with van der Waals surface area (Å²) in [6, 6.07) is 146. The predicted octanol–water partition coefficient (Wildman–Crippen LogP) is 24.4. The Balaban J connectivity index is 0.000000103. The maximum Gasteiger partial charge on any atom is 0.260 e. The standard InChI is InChI=1S/C42H27BO2.2C36H21BO3/c1-5-15-28(16-6-1)32-23-13-25-36-39(32)44-41-34(30-19-9-3-10-20-30)27-35(31-21-11-4-12-22-31)42-38(41)43(36)37-26-14-24-33(40(37)45-42)29-17-7-2-8-18-29;1-4-13-30-26(8-1)27-10-7-9-25(36(27)40-30)23-18-16-22(17-19-23)24-20-33-35-34(21-24)39-32-15-6-3-12-29(32)37(35)28-11-2-5-14-31(28)38-33;1-4-10-30-26(7-1)27-19-24(17-18-31(27)38-30)22-13-15-23(16-14-22)25-20-34-36-35(21-25)40-33-12-6-3-9-29(33)37(36)28-8-2-5-11-32(28)39-34/h1-27H;2*1-21H. The normalized spacial score (nSPS) is 12.7. The molecule has 0 unspecified atom stereocenters. The molecule has 6 aliphatic heterocycles. The van der Waals surface area contributed by atoms with Crippen LogP contribution in [0.1, 0.15) is 0 Å². The molecule has 2 aromatic heterocycles. The SMILES string of the molecule is c1ccc(-c2cccc3c2Oc2c(-c4ccccc4)cc(-c4ccccc4)c4c2B3c2cccc(-c3ccccc3)c2O4)cc1.c1ccc2c(c1)Oc1cc(-c3ccc(-c4ccc5oc6ccccc6c5c4)cc3)cc3c1B2c1ccccc1O3.c1ccc2c(c1)Oc1cc(-c3ccc(-c4cccc5c4oc4ccccc45)cc3)cc3c1B2c1ccccc1O3. The van der Waals surface area contributed by atoms with Gasteiger partial charge in [-0.05, 0) is 173 Å². The lowest BCUT2D eigenvalue weighted by Gasteiger charge is -2.36. The summed E-state index contributed by atoms with van der Waals surface area (Å²) in [6.45, 7) is 0.0896. The van der Waals surface area contributed by atoms with E-state index >= 15 is 0 Å². The largest absolute Gasteiger partial charge is 0.458 e. The first kappa shape index (κ1) is 71.7. The molecule has 6 aliphatic rings. The highest BCUT2D eigenvalue weighted by Gasteiger charge is 2.46. The Morgan fingerprint density at radius 3 is 0.912 bits per heavy atom. The first-order valence-electron chi connectivity index (χ1n) is 42.5. The second-order valence-corrected chi connectivity index (χ2v) is 32.5. The van der Waals surface area contributed by atoms with E-state index in [9.17, 15) is 0 Å². The Labute approximate surface area is 722 Å². The molecule has 582 valence electrons. The van der Waals surface area contributed by atoms with Gasteiger partial charge in [-0.2, -0.15) is 0 Å². The Bertz CT molecular complexity index is 7620. The number of benzene rings is 19. The van der Waals surface area contributed by atoms with Crippen molar-refractivity contribution in [1.29, 1.82) is 0 Å². The fraction of sp³-hybridized carbons (Fsp3) is 0. The smallest absolute Gasteiger partial charge is 0.260 e. The third-order valence-corrected chi connectivity index (χ3v) is 25.5. The van der Waals surface area contributed by atoms with E-state index in [1.165, 1.54) is 21.9 Å². The van der Waals surface area contributed by atoms with E-state index in [0.717, 1.165) is 229 Å². The average molecular weight is 1600 g/mol. The van der Waals surface area contributed by atoms with Gasteiger partial charge in [0.1, 0.15) is 91.3 Å². The summed E-state index contributed by atoms with van der Waals surface area (Å²) in [5.41, 5.74) is 31.5. The minimum absolute atomic E-state index is 0.0825. The number of hydrogen-bond donors (Lipinski definition) is 0. The van der Waals surface area contributed by atoms with Crippen LogP contribution in [0.3, 0.4) is 0 Å². The van der Waals surface area contributed by atoms with Crippen molar-refractivity contribution in [1.82, 2.24) is 0 Å². The van der Waals surface area contributed by atoms with Gasteiger partial charge in [0.2, 0.25) is 0 Å². The van der Waals surface area contributed by atoms with Gasteiger partial charge < -0.3 is 37.3 Å². The molecule has 27 rings (SSSR count). The molecule has 125 heavy (non-hydrogen) atoms. The summed E-state index contributed by atoms with van der Waals surface area (Å²) in [5, 5.41) is 4.55. The van der Waals surface area contributed by atoms with Crippen LogP contribution in [0.2, 0.25) is 0 Å². The van der Waals surface area contributed by atoms with Crippen LogP contribution in [0, 0.1) is 0 Å². The lowest BCUT2D eigenvalue weighted by Crippen LogP contribution is -2.57. The van der Waals surface area contributed by atoms with E-state index in [1.54, 1.807) is 0 Å². The zero-order chi connectivity index (χ0) is 82.2. The number of furan rings is 2. The molecule has 0 spiro atoms. The first-order valence-corrected chi connectivity index (χ1v) is 42.5. The minimum atomic E-state index is -0.0825. The lowest BCUT2D eigenvalue weighted by molar-refractivity contribution is 0.464. The van der Waals surface area contributed by atoms with E-state index in [4.69, 9.17) is 37.3 Å². The second kappa shape index (κ2) is 29.3. The van der Waals surface area contributed by atoms with Crippen LogP contribution in [0.15, 0.2) is 427 Å². The third kappa shape index (κ3) is 12.0. The van der Waals surface area contributed by atoms with Crippen molar-refractivity contribution in [2.75, 3.05) is 0 Å². The van der Waals surface area contributed by atoms with E-state index in [-0.39, 0.29) is 20.1 Å². The molecule has 8 heterocycles. The fourth-order valence-corrected chi connectivity index (χ4v) is 19.7. The summed E-state index contributed by atoms with van der Waals surface area (Å²) >= 11 is 0. The molecule has 0 fully saturated rings. The Hall–Kier alpha value is -16.2. The molecule has 0 saturated heterocycles. The third-order valence-electron chi connectivity index (χ3n) is 25.5. The highest BCUT2D eigenvalue weighted by molar-refractivity contribution is 7.00. The average Bonchev–Trinajstić information content (AvgIpc) is 1.40. The fourth-order valence-electron chi connectivity index (χ4n) is 19.7. The molecule has 8 nitrogen and oxygen atoms in total. The molecular weight excluding hydrogens is 1530 g/mol. The van der Waals surface area contributed by atoms with Crippen molar-refractivity contribution in [3.05, 3.63) is 419 Å². The molecule has 0 aliphatic carbocycles. The van der Waals surface area contributed by atoms with Crippen LogP contribution in [-0.2, 0) is 0 Å². The number of para-hydroxylation sites is 9. The predicted molar refractivity (Wildman–Crippen MR) is 510 cm³/mol. The number of rotatable bonds is 8. The Morgan fingerprint density at radius 2 is 0.464 bits per heavy atom. The van der Waals surface area contributed by atoms with E-state index in [1.807, 2.05) is 48.5 Å². The summed E-state index contributed by atoms with van der Waals surface area (Å²) in [4.78, 5) is 0. The summed E-state index contributed by atoms with van der Waals surface area (Å²) in [5.74, 6) is 10.5. The molecule has 0 amide bonds. The zero-order valence-electron chi connectivity index (χ0n) is 67.3. The summed E-state index contributed by atoms with van der Waals surface area (Å²) in [6.07, 6.45) is 0. The molecule has 0 N–H and O–H groups in total. The summed E-state index contributed by atoms with van der Waals surface area (Å²) in [7, 11) is 0. The zero-order valence-corrected chi connectivity index (χ0v) is 67.3. The maximum atomic E-state index is 7.14. The molecule has 19 aromatic carbocycles. The van der Waals surface area contributed by atoms with Gasteiger partial charge in [-0.3, -0.25) is 0 Å². The second-order valence-electron chi connectivity index (χ2n) is 32.5. The molecule has 21 aromatic rings. The van der Waals surface area contributed by atoms with Gasteiger partial charge >= 0.3 is 0 Å². The van der Waals surface area contributed by atoms with Crippen LogP contribution in [-0.4, -0.2) is 20.1 Å². The van der Waals surface area contributed by atoms with Crippen molar-refractivity contribution in [2.45, 2.75) is 0 Å². The van der Waals surface area contributed by atoms with Gasteiger partial charge in [-0.25, -0.2) is 0 Å². The number of ether oxygens (including phenoxy) is 6. The van der Waals surface area contributed by atoms with Crippen molar-refractivity contribution < 1.29 is 37.3 Å². The topological polar surface area (TPSA) is 81.7 Å². The van der Waals surface area contributed by atoms with Crippen LogP contribution in [0.5, 0.6) is 69.0 Å². The van der Waals surface area contributed by atoms with Crippen molar-refractivity contribution in [2.24, 2.45) is 0 Å². The quantitative estimate of drug-likeness (QED) is 0.139. The van der Waals surface area contributed by atoms with Crippen LogP contribution in [0.25, 0.3) is 133 Å². The van der Waals surface area contributed by atoms with Gasteiger partial charge in [-0.15, -0.1) is 0 Å². The van der Waals surface area contributed by atoms with Crippen LogP contribution < -0.4 is 77.6 Å². The molecule has 0 atom stereocenters. The highest BCUT2D eigenvalue weighted by Crippen LogP contribution is 2.51. The van der Waals surface area contributed by atoms with Crippen molar-refractivity contribution in [3.8, 4) is 158 Å². The van der Waals surface area contributed by atoms with Crippen molar-refractivity contribution in [3.63, 3.8) is 0 Å². The summed E-state index contributed by atoms with van der Waals surface area (Å²) < 4.78 is 52.5. The van der Waals surface area contributed by atoms with E-state index < -0.39 is 0 Å². The molecule has 0 bridgehead atoms. The van der Waals surface area contributed by atoms with Gasteiger partial charge in [-0.1, -0.05) is 340 Å². The minimum Gasteiger partial charge on any atom is -0.458 e. The molecule has 11 heteroatoms. The Morgan fingerprint density at radius 1 is 0.152 bits per heavy atom. The lowest BCUT2D eigenvalue weighted by atomic mass is 9.34. The molecule has 0 saturated carbocycles. The van der Waals surface area contributed by atoms with Gasteiger partial charge in [0.05, 0.1) is 0 Å². The van der Waals surface area contributed by atoms with Crippen LogP contribution in [0.4, 0.5) is 0 Å². The number of hydrogen-bond acceptors (Lipinski definition) is 8. The maximum absolute atomic E-state index is 7.14. The van der Waals surface area contributed by atoms with Crippen molar-refractivity contribution >= 4 is 113 Å². The van der Waals surface area contributed by atoms with Gasteiger partial charge in [0, 0.05) is 65.8 Å². The van der Waals surface area contributed by atoms with E-state index in [0.29, 0.717) is 0 Å².